The van der Waals surface area contributed by atoms with E-state index in [1.54, 1.807) is 24.4 Å². The van der Waals surface area contributed by atoms with Gasteiger partial charge in [0.15, 0.2) is 5.17 Å². The first-order chi connectivity index (χ1) is 13.9. The number of aryl methyl sites for hydroxylation is 1. The van der Waals surface area contributed by atoms with Gasteiger partial charge in [-0.2, -0.15) is 0 Å². The Morgan fingerprint density at radius 2 is 2.00 bits per heavy atom. The summed E-state index contributed by atoms with van der Waals surface area (Å²) in [4.78, 5) is 21.6. The van der Waals surface area contributed by atoms with Crippen molar-refractivity contribution in [3.63, 3.8) is 0 Å². The first kappa shape index (κ1) is 19.8. The minimum absolute atomic E-state index is 0.181. The normalized spacial score (nSPS) is 16.6. The summed E-state index contributed by atoms with van der Waals surface area (Å²) in [6, 6.07) is 11.0. The van der Waals surface area contributed by atoms with E-state index in [0.29, 0.717) is 25.8 Å². The topological polar surface area (TPSA) is 59.3 Å². The van der Waals surface area contributed by atoms with Crippen LogP contribution in [-0.4, -0.2) is 20.6 Å². The highest BCUT2D eigenvalue weighted by Crippen LogP contribution is 2.32. The summed E-state index contributed by atoms with van der Waals surface area (Å²) in [5, 5.41) is 4.17. The molecule has 1 aliphatic heterocycles. The summed E-state index contributed by atoms with van der Waals surface area (Å²) in [7, 11) is 0. The molecule has 0 radical (unpaired) electrons. The Kier molecular flexibility index (Phi) is 5.50. The van der Waals surface area contributed by atoms with Crippen LogP contribution in [-0.2, 0) is 4.79 Å². The van der Waals surface area contributed by atoms with Gasteiger partial charge in [0.1, 0.15) is 0 Å². The lowest BCUT2D eigenvalue weighted by Gasteiger charge is -2.08. The molecule has 0 bridgehead atoms. The average molecular weight is 443 g/mol. The Morgan fingerprint density at radius 1 is 1.17 bits per heavy atom. The van der Waals surface area contributed by atoms with E-state index in [1.807, 2.05) is 38.3 Å². The SMILES string of the molecule is Cc1cc(/C=C2\SC(=Nc3ccc(Cl)c(Cl)c3)NC2=O)c(C)n1-c1cccnc1. The summed E-state index contributed by atoms with van der Waals surface area (Å²) in [5.74, 6) is -0.181. The molecular weight excluding hydrogens is 427 g/mol. The molecule has 0 unspecified atom stereocenters. The predicted molar refractivity (Wildman–Crippen MR) is 120 cm³/mol. The first-order valence-corrected chi connectivity index (χ1v) is 10.3. The molecular formula is C21H16Cl2N4OS. The zero-order valence-electron chi connectivity index (χ0n) is 15.6. The molecule has 0 spiro atoms. The fourth-order valence-electron chi connectivity index (χ4n) is 3.11. The largest absolute Gasteiger partial charge is 0.316 e. The number of nitrogens with one attached hydrogen (secondary N) is 1. The molecule has 1 aliphatic rings. The Balaban J connectivity index is 1.63. The van der Waals surface area contributed by atoms with Crippen LogP contribution in [0.1, 0.15) is 17.0 Å². The van der Waals surface area contributed by atoms with Crippen LogP contribution in [0.5, 0.6) is 0 Å². The second-order valence-electron chi connectivity index (χ2n) is 6.45. The maximum atomic E-state index is 12.4. The van der Waals surface area contributed by atoms with Crippen LogP contribution >= 0.6 is 35.0 Å². The van der Waals surface area contributed by atoms with Gasteiger partial charge in [-0.3, -0.25) is 9.78 Å². The van der Waals surface area contributed by atoms with Crippen LogP contribution in [0.15, 0.2) is 58.7 Å². The standard InChI is InChI=1S/C21H16Cl2N4OS/c1-12-8-14(13(2)27(12)16-4-3-7-24-11-16)9-19-20(28)26-21(29-19)25-15-5-6-17(22)18(23)10-15/h3-11H,1-2H3,(H,25,26,28)/b19-9-. The average Bonchev–Trinajstić information content (AvgIpc) is 3.17. The number of nitrogens with zero attached hydrogens (tertiary/aromatic N) is 3. The van der Waals surface area contributed by atoms with Crippen molar-refractivity contribution in [1.29, 1.82) is 0 Å². The fraction of sp³-hybridized carbons (Fsp3) is 0.0952. The van der Waals surface area contributed by atoms with Crippen LogP contribution in [0, 0.1) is 13.8 Å². The van der Waals surface area contributed by atoms with Crippen molar-refractivity contribution in [2.75, 3.05) is 0 Å². The number of carbonyl (C=O) groups excluding carboxylic acids is 1. The summed E-state index contributed by atoms with van der Waals surface area (Å²) >= 11 is 13.3. The van der Waals surface area contributed by atoms with Crippen LogP contribution in [0.3, 0.4) is 0 Å². The number of pyridine rings is 1. The van der Waals surface area contributed by atoms with E-state index in [0.717, 1.165) is 22.6 Å². The lowest BCUT2D eigenvalue weighted by molar-refractivity contribution is -0.115. The van der Waals surface area contributed by atoms with Crippen LogP contribution in [0.2, 0.25) is 10.0 Å². The van der Waals surface area contributed by atoms with Gasteiger partial charge in [0.2, 0.25) is 0 Å². The monoisotopic (exact) mass is 442 g/mol. The number of aliphatic imine (C=N–C) groups is 1. The van der Waals surface area contributed by atoms with Crippen molar-refractivity contribution in [3.05, 3.63) is 80.7 Å². The molecule has 2 aromatic heterocycles. The molecule has 0 atom stereocenters. The van der Waals surface area contributed by atoms with E-state index in [2.05, 4.69) is 25.9 Å². The highest BCUT2D eigenvalue weighted by molar-refractivity contribution is 8.18. The molecule has 1 aromatic carbocycles. The quantitative estimate of drug-likeness (QED) is 0.530. The lowest BCUT2D eigenvalue weighted by Crippen LogP contribution is -2.19. The molecule has 5 nitrogen and oxygen atoms in total. The van der Waals surface area contributed by atoms with E-state index in [1.165, 1.54) is 11.8 Å². The van der Waals surface area contributed by atoms with Gasteiger partial charge in [-0.25, -0.2) is 4.99 Å². The zero-order valence-corrected chi connectivity index (χ0v) is 17.9. The van der Waals surface area contributed by atoms with E-state index >= 15 is 0 Å². The number of amidine groups is 1. The minimum Gasteiger partial charge on any atom is -0.316 e. The van der Waals surface area contributed by atoms with E-state index in [9.17, 15) is 4.79 Å². The molecule has 3 heterocycles. The summed E-state index contributed by atoms with van der Waals surface area (Å²) in [5.41, 5.74) is 4.68. The number of benzene rings is 1. The molecule has 8 heteroatoms. The first-order valence-electron chi connectivity index (χ1n) is 8.76. The molecule has 0 aliphatic carbocycles. The zero-order chi connectivity index (χ0) is 20.5. The summed E-state index contributed by atoms with van der Waals surface area (Å²) in [6.07, 6.45) is 5.44. The predicted octanol–water partition coefficient (Wildman–Crippen LogP) is 5.69. The number of thioether (sulfide) groups is 1. The maximum absolute atomic E-state index is 12.4. The van der Waals surface area contributed by atoms with Crippen LogP contribution in [0.4, 0.5) is 5.69 Å². The van der Waals surface area contributed by atoms with Crippen molar-refractivity contribution >= 4 is 57.8 Å². The number of hydrogen-bond acceptors (Lipinski definition) is 4. The Bertz CT molecular complexity index is 1170. The summed E-state index contributed by atoms with van der Waals surface area (Å²) < 4.78 is 2.11. The number of aromatic nitrogens is 2. The van der Waals surface area contributed by atoms with Crippen molar-refractivity contribution in [1.82, 2.24) is 14.9 Å². The smallest absolute Gasteiger partial charge is 0.264 e. The Morgan fingerprint density at radius 3 is 2.72 bits per heavy atom. The van der Waals surface area contributed by atoms with Crippen LogP contribution in [0.25, 0.3) is 11.8 Å². The number of amides is 1. The molecule has 1 saturated heterocycles. The van der Waals surface area contributed by atoms with E-state index in [-0.39, 0.29) is 5.91 Å². The lowest BCUT2D eigenvalue weighted by atomic mass is 10.2. The van der Waals surface area contributed by atoms with Crippen molar-refractivity contribution in [2.45, 2.75) is 13.8 Å². The molecule has 0 saturated carbocycles. The Hall–Kier alpha value is -2.54. The molecule has 3 aromatic rings. The third-order valence-corrected chi connectivity index (χ3v) is 6.09. The molecule has 146 valence electrons. The second-order valence-corrected chi connectivity index (χ2v) is 8.30. The van der Waals surface area contributed by atoms with Crippen molar-refractivity contribution in [3.8, 4) is 5.69 Å². The minimum atomic E-state index is -0.181. The van der Waals surface area contributed by atoms with Crippen LogP contribution < -0.4 is 5.32 Å². The third kappa shape index (κ3) is 4.10. The maximum Gasteiger partial charge on any atom is 0.264 e. The number of halogens is 2. The van der Waals surface area contributed by atoms with Crippen molar-refractivity contribution in [2.24, 2.45) is 4.99 Å². The Labute approximate surface area is 182 Å². The molecule has 1 fully saturated rings. The third-order valence-electron chi connectivity index (χ3n) is 4.45. The van der Waals surface area contributed by atoms with Gasteiger partial charge in [-0.05, 0) is 73.6 Å². The second kappa shape index (κ2) is 8.06. The van der Waals surface area contributed by atoms with Gasteiger partial charge in [0, 0.05) is 17.6 Å². The number of carbonyl (C=O) groups is 1. The highest BCUT2D eigenvalue weighted by Gasteiger charge is 2.24. The van der Waals surface area contributed by atoms with Crippen molar-refractivity contribution < 1.29 is 4.79 Å². The molecule has 1 N–H and O–H groups in total. The highest BCUT2D eigenvalue weighted by atomic mass is 35.5. The van der Waals surface area contributed by atoms with E-state index in [4.69, 9.17) is 23.2 Å². The van der Waals surface area contributed by atoms with E-state index < -0.39 is 0 Å². The fourth-order valence-corrected chi connectivity index (χ4v) is 4.24. The van der Waals surface area contributed by atoms with Gasteiger partial charge in [0.05, 0.1) is 32.5 Å². The molecule has 29 heavy (non-hydrogen) atoms. The summed E-state index contributed by atoms with van der Waals surface area (Å²) in [6.45, 7) is 4.05. The van der Waals surface area contributed by atoms with Gasteiger partial charge in [-0.1, -0.05) is 23.2 Å². The van der Waals surface area contributed by atoms with Gasteiger partial charge >= 0.3 is 0 Å². The van der Waals surface area contributed by atoms with Gasteiger partial charge < -0.3 is 9.88 Å². The molecule has 4 rings (SSSR count). The van der Waals surface area contributed by atoms with Gasteiger partial charge in [0.25, 0.3) is 5.91 Å². The number of rotatable bonds is 3. The van der Waals surface area contributed by atoms with Gasteiger partial charge in [-0.15, -0.1) is 0 Å². The molecule has 1 amide bonds. The number of hydrogen-bond donors (Lipinski definition) is 1.